The number of benzene rings is 1. The molecule has 0 saturated carbocycles. The predicted octanol–water partition coefficient (Wildman–Crippen LogP) is 1.84. The summed E-state index contributed by atoms with van der Waals surface area (Å²) in [6.45, 7) is 5.70. The maximum absolute atomic E-state index is 14.0. The highest BCUT2D eigenvalue weighted by Crippen LogP contribution is 2.34. The monoisotopic (exact) mass is 283 g/mol. The van der Waals surface area contributed by atoms with Crippen LogP contribution in [0.5, 0.6) is 0 Å². The molecule has 0 bridgehead atoms. The Morgan fingerprint density at radius 2 is 2.16 bits per heavy atom. The molecule has 104 valence electrons. The first kappa shape index (κ1) is 14.0. The standard InChI is InChI=1S/C13H18FN3OS/c1-13(2)7-17(3-4-19-13)11-5-8(12(16)18)10(15)6-9(11)14/h5-6H,3-4,7,15H2,1-2H3,(H2,16,18). The van der Waals surface area contributed by atoms with E-state index in [1.807, 2.05) is 16.7 Å². The topological polar surface area (TPSA) is 72.3 Å². The Balaban J connectivity index is 2.39. The van der Waals surface area contributed by atoms with Gasteiger partial charge >= 0.3 is 0 Å². The zero-order chi connectivity index (χ0) is 14.2. The molecule has 0 aliphatic carbocycles. The molecule has 0 atom stereocenters. The number of anilines is 2. The van der Waals surface area contributed by atoms with E-state index in [9.17, 15) is 9.18 Å². The first-order chi connectivity index (χ1) is 8.80. The largest absolute Gasteiger partial charge is 0.398 e. The van der Waals surface area contributed by atoms with Crippen molar-refractivity contribution in [1.82, 2.24) is 0 Å². The Morgan fingerprint density at radius 1 is 1.47 bits per heavy atom. The summed E-state index contributed by atoms with van der Waals surface area (Å²) in [4.78, 5) is 13.2. The number of rotatable bonds is 2. The van der Waals surface area contributed by atoms with E-state index in [4.69, 9.17) is 11.5 Å². The molecular weight excluding hydrogens is 265 g/mol. The number of carbonyl (C=O) groups is 1. The van der Waals surface area contributed by atoms with Crippen LogP contribution in [0.15, 0.2) is 12.1 Å². The smallest absolute Gasteiger partial charge is 0.250 e. The lowest BCUT2D eigenvalue weighted by Crippen LogP contribution is -2.43. The molecule has 6 heteroatoms. The second-order valence-corrected chi connectivity index (χ2v) is 7.09. The summed E-state index contributed by atoms with van der Waals surface area (Å²) in [6, 6.07) is 2.63. The number of amides is 1. The average Bonchev–Trinajstić information content (AvgIpc) is 2.26. The van der Waals surface area contributed by atoms with Crippen LogP contribution in [0.1, 0.15) is 24.2 Å². The van der Waals surface area contributed by atoms with Crippen LogP contribution in [0.2, 0.25) is 0 Å². The normalized spacial score (nSPS) is 18.4. The van der Waals surface area contributed by atoms with Crippen LogP contribution in [0.3, 0.4) is 0 Å². The maximum atomic E-state index is 14.0. The third-order valence-electron chi connectivity index (χ3n) is 3.15. The lowest BCUT2D eigenvalue weighted by atomic mass is 10.1. The van der Waals surface area contributed by atoms with Crippen LogP contribution in [0.25, 0.3) is 0 Å². The second-order valence-electron chi connectivity index (χ2n) is 5.28. The molecule has 1 aliphatic rings. The molecule has 0 aromatic heterocycles. The first-order valence-corrected chi connectivity index (χ1v) is 7.06. The number of carbonyl (C=O) groups excluding carboxylic acids is 1. The minimum absolute atomic E-state index is 0.0545. The SMILES string of the molecule is CC1(C)CN(c2cc(C(N)=O)c(N)cc2F)CCS1. The molecule has 1 saturated heterocycles. The van der Waals surface area contributed by atoms with Gasteiger partial charge in [-0.25, -0.2) is 4.39 Å². The van der Waals surface area contributed by atoms with Crippen molar-refractivity contribution in [2.24, 2.45) is 5.73 Å². The van der Waals surface area contributed by atoms with E-state index in [1.54, 1.807) is 0 Å². The van der Waals surface area contributed by atoms with Crippen LogP contribution in [0.4, 0.5) is 15.8 Å². The molecule has 2 rings (SSSR count). The van der Waals surface area contributed by atoms with Crippen molar-refractivity contribution in [1.29, 1.82) is 0 Å². The van der Waals surface area contributed by atoms with Crippen molar-refractivity contribution in [2.45, 2.75) is 18.6 Å². The fourth-order valence-electron chi connectivity index (χ4n) is 2.26. The molecule has 1 heterocycles. The second kappa shape index (κ2) is 4.92. The first-order valence-electron chi connectivity index (χ1n) is 6.08. The molecule has 0 radical (unpaired) electrons. The number of nitrogens with zero attached hydrogens (tertiary/aromatic N) is 1. The summed E-state index contributed by atoms with van der Waals surface area (Å²) in [6.07, 6.45) is 0. The Hall–Kier alpha value is -1.43. The molecule has 1 aromatic rings. The van der Waals surface area contributed by atoms with Crippen molar-refractivity contribution in [3.8, 4) is 0 Å². The van der Waals surface area contributed by atoms with Crippen LogP contribution in [-0.4, -0.2) is 29.5 Å². The highest BCUT2D eigenvalue weighted by atomic mass is 32.2. The third-order valence-corrected chi connectivity index (χ3v) is 4.45. The van der Waals surface area contributed by atoms with Crippen molar-refractivity contribution in [3.63, 3.8) is 0 Å². The molecule has 1 aromatic carbocycles. The molecule has 0 unspecified atom stereocenters. The van der Waals surface area contributed by atoms with Crippen molar-refractivity contribution < 1.29 is 9.18 Å². The van der Waals surface area contributed by atoms with Crippen LogP contribution >= 0.6 is 11.8 Å². The molecule has 4 N–H and O–H groups in total. The summed E-state index contributed by atoms with van der Waals surface area (Å²) >= 11 is 1.86. The van der Waals surface area contributed by atoms with E-state index in [1.165, 1.54) is 12.1 Å². The van der Waals surface area contributed by atoms with E-state index in [0.29, 0.717) is 5.69 Å². The zero-order valence-electron chi connectivity index (χ0n) is 11.1. The zero-order valence-corrected chi connectivity index (χ0v) is 11.9. The van der Waals surface area contributed by atoms with Gasteiger partial charge in [0.1, 0.15) is 5.82 Å². The van der Waals surface area contributed by atoms with Gasteiger partial charge in [-0.1, -0.05) is 0 Å². The minimum Gasteiger partial charge on any atom is -0.398 e. The molecule has 1 aliphatic heterocycles. The summed E-state index contributed by atoms with van der Waals surface area (Å²) in [5.41, 5.74) is 11.5. The molecule has 1 fully saturated rings. The van der Waals surface area contributed by atoms with Gasteiger partial charge in [0, 0.05) is 29.3 Å². The van der Waals surface area contributed by atoms with E-state index in [2.05, 4.69) is 13.8 Å². The lowest BCUT2D eigenvalue weighted by Gasteiger charge is -2.39. The van der Waals surface area contributed by atoms with Crippen LogP contribution in [-0.2, 0) is 0 Å². The summed E-state index contributed by atoms with van der Waals surface area (Å²) in [5.74, 6) is -0.127. The van der Waals surface area contributed by atoms with Crippen LogP contribution < -0.4 is 16.4 Å². The molecule has 0 spiro atoms. The average molecular weight is 283 g/mol. The van der Waals surface area contributed by atoms with Crippen molar-refractivity contribution in [3.05, 3.63) is 23.5 Å². The Morgan fingerprint density at radius 3 is 2.74 bits per heavy atom. The van der Waals surface area contributed by atoms with Gasteiger partial charge in [-0.3, -0.25) is 4.79 Å². The van der Waals surface area contributed by atoms with Gasteiger partial charge in [0.05, 0.1) is 11.3 Å². The highest BCUT2D eigenvalue weighted by Gasteiger charge is 2.29. The fourth-order valence-corrected chi connectivity index (χ4v) is 3.37. The molecular formula is C13H18FN3OS. The third kappa shape index (κ3) is 2.94. The van der Waals surface area contributed by atoms with E-state index in [0.717, 1.165) is 18.8 Å². The number of primary amides is 1. The van der Waals surface area contributed by atoms with Gasteiger partial charge < -0.3 is 16.4 Å². The Bertz CT molecular complexity index is 519. The summed E-state index contributed by atoms with van der Waals surface area (Å²) < 4.78 is 14.1. The van der Waals surface area contributed by atoms with Gasteiger partial charge in [0.25, 0.3) is 5.91 Å². The van der Waals surface area contributed by atoms with E-state index in [-0.39, 0.29) is 16.0 Å². The Labute approximate surface area is 116 Å². The Kier molecular flexibility index (Phi) is 3.62. The van der Waals surface area contributed by atoms with Gasteiger partial charge in [-0.15, -0.1) is 0 Å². The number of thioether (sulfide) groups is 1. The summed E-state index contributed by atoms with van der Waals surface area (Å²) in [5, 5.41) is 0. The number of nitrogens with two attached hydrogens (primary N) is 2. The van der Waals surface area contributed by atoms with Crippen LogP contribution in [0, 0.1) is 5.82 Å². The summed E-state index contributed by atoms with van der Waals surface area (Å²) in [7, 11) is 0. The quantitative estimate of drug-likeness (QED) is 0.812. The van der Waals surface area contributed by atoms with Gasteiger partial charge in [-0.05, 0) is 26.0 Å². The van der Waals surface area contributed by atoms with Gasteiger partial charge in [-0.2, -0.15) is 11.8 Å². The predicted molar refractivity (Wildman–Crippen MR) is 78.1 cm³/mol. The number of nitrogen functional groups attached to an aromatic ring is 1. The van der Waals surface area contributed by atoms with Gasteiger partial charge in [0.15, 0.2) is 0 Å². The van der Waals surface area contributed by atoms with E-state index < -0.39 is 11.7 Å². The van der Waals surface area contributed by atoms with Crippen molar-refractivity contribution in [2.75, 3.05) is 29.5 Å². The number of hydrogen-bond donors (Lipinski definition) is 2. The fraction of sp³-hybridized carbons (Fsp3) is 0.462. The number of hydrogen-bond acceptors (Lipinski definition) is 4. The minimum atomic E-state index is -0.635. The molecule has 19 heavy (non-hydrogen) atoms. The molecule has 1 amide bonds. The number of halogens is 1. The molecule has 4 nitrogen and oxygen atoms in total. The maximum Gasteiger partial charge on any atom is 0.250 e. The van der Waals surface area contributed by atoms with Gasteiger partial charge in [0.2, 0.25) is 0 Å². The van der Waals surface area contributed by atoms with Crippen molar-refractivity contribution >= 4 is 29.0 Å². The highest BCUT2D eigenvalue weighted by molar-refractivity contribution is 8.00. The lowest BCUT2D eigenvalue weighted by molar-refractivity contribution is 0.100. The van der Waals surface area contributed by atoms with E-state index >= 15 is 0 Å².